The van der Waals surface area contributed by atoms with Crippen LogP contribution in [0.5, 0.6) is 5.75 Å². The van der Waals surface area contributed by atoms with Gasteiger partial charge in [0.1, 0.15) is 5.75 Å². The van der Waals surface area contributed by atoms with Gasteiger partial charge in [-0.2, -0.15) is 8.78 Å². The van der Waals surface area contributed by atoms with Gasteiger partial charge in [0.05, 0.1) is 0 Å². The predicted octanol–water partition coefficient (Wildman–Crippen LogP) is 5.95. The van der Waals surface area contributed by atoms with Gasteiger partial charge in [-0.05, 0) is 60.0 Å². The average molecular weight is 432 g/mol. The number of carbonyl (C=O) groups excluding carboxylic acids is 2. The van der Waals surface area contributed by atoms with Crippen LogP contribution in [0.3, 0.4) is 0 Å². The van der Waals surface area contributed by atoms with Gasteiger partial charge >= 0.3 is 6.61 Å². The largest absolute Gasteiger partial charge is 0.435 e. The van der Waals surface area contributed by atoms with E-state index in [0.29, 0.717) is 16.9 Å². The highest BCUT2D eigenvalue weighted by Crippen LogP contribution is 2.24. The van der Waals surface area contributed by atoms with E-state index < -0.39 is 12.5 Å². The van der Waals surface area contributed by atoms with Crippen LogP contribution in [0, 0.1) is 0 Å². The molecular formula is C25H18F2N2O3. The second-order valence-corrected chi connectivity index (χ2v) is 6.92. The van der Waals surface area contributed by atoms with Crippen molar-refractivity contribution in [3.8, 4) is 5.75 Å². The van der Waals surface area contributed by atoms with Crippen molar-refractivity contribution in [2.75, 3.05) is 10.6 Å². The molecule has 7 heteroatoms. The molecule has 0 radical (unpaired) electrons. The van der Waals surface area contributed by atoms with E-state index in [9.17, 15) is 18.4 Å². The number of carbonyl (C=O) groups is 2. The Morgan fingerprint density at radius 2 is 1.28 bits per heavy atom. The third-order valence-corrected chi connectivity index (χ3v) is 4.78. The van der Waals surface area contributed by atoms with Gasteiger partial charge in [0.25, 0.3) is 11.8 Å². The zero-order chi connectivity index (χ0) is 22.5. The maximum Gasteiger partial charge on any atom is 0.387 e. The summed E-state index contributed by atoms with van der Waals surface area (Å²) in [7, 11) is 0. The van der Waals surface area contributed by atoms with Crippen molar-refractivity contribution in [1.82, 2.24) is 0 Å². The molecule has 2 N–H and O–H groups in total. The number of rotatable bonds is 6. The first kappa shape index (κ1) is 21.0. The molecule has 5 nitrogen and oxygen atoms in total. The van der Waals surface area contributed by atoms with E-state index in [1.54, 1.807) is 24.3 Å². The van der Waals surface area contributed by atoms with Crippen LogP contribution < -0.4 is 15.4 Å². The topological polar surface area (TPSA) is 67.4 Å². The molecule has 0 heterocycles. The predicted molar refractivity (Wildman–Crippen MR) is 119 cm³/mol. The maximum absolute atomic E-state index is 12.7. The van der Waals surface area contributed by atoms with E-state index in [1.165, 1.54) is 24.3 Å². The van der Waals surface area contributed by atoms with E-state index in [0.717, 1.165) is 10.8 Å². The highest BCUT2D eigenvalue weighted by Gasteiger charge is 2.11. The Hall–Kier alpha value is -4.26. The Kier molecular flexibility index (Phi) is 6.07. The number of benzene rings is 4. The quantitative estimate of drug-likeness (QED) is 0.396. The molecule has 0 bridgehead atoms. The van der Waals surface area contributed by atoms with Crippen LogP contribution in [0.2, 0.25) is 0 Å². The van der Waals surface area contributed by atoms with Gasteiger partial charge < -0.3 is 15.4 Å². The standard InChI is InChI=1S/C25H18F2N2O3/c26-25(27)32-20-14-10-18(11-15-20)23(30)28-19-12-8-17(9-13-19)24(31)29-22-7-3-5-16-4-1-2-6-21(16)22/h1-15,25H,(H,28,30)(H,29,31). The van der Waals surface area contributed by atoms with Crippen LogP contribution in [0.4, 0.5) is 20.2 Å². The lowest BCUT2D eigenvalue weighted by atomic mass is 10.1. The van der Waals surface area contributed by atoms with E-state index in [2.05, 4.69) is 15.4 Å². The lowest BCUT2D eigenvalue weighted by molar-refractivity contribution is -0.0498. The number of alkyl halides is 2. The number of amides is 2. The molecule has 0 aliphatic carbocycles. The third kappa shape index (κ3) is 4.89. The van der Waals surface area contributed by atoms with Crippen LogP contribution in [0.15, 0.2) is 91.0 Å². The smallest absolute Gasteiger partial charge is 0.387 e. The fourth-order valence-corrected chi connectivity index (χ4v) is 3.22. The molecule has 0 aromatic heterocycles. The minimum atomic E-state index is -2.92. The fraction of sp³-hybridized carbons (Fsp3) is 0.0400. The summed E-state index contributed by atoms with van der Waals surface area (Å²) in [6.45, 7) is -2.92. The van der Waals surface area contributed by atoms with Gasteiger partial charge in [-0.3, -0.25) is 9.59 Å². The van der Waals surface area contributed by atoms with Gasteiger partial charge in [-0.25, -0.2) is 0 Å². The second kappa shape index (κ2) is 9.26. The minimum Gasteiger partial charge on any atom is -0.435 e. The summed E-state index contributed by atoms with van der Waals surface area (Å²) >= 11 is 0. The Labute approximate surface area is 182 Å². The fourth-order valence-electron chi connectivity index (χ4n) is 3.22. The average Bonchev–Trinajstić information content (AvgIpc) is 2.80. The van der Waals surface area contributed by atoms with Gasteiger partial charge in [-0.1, -0.05) is 36.4 Å². The highest BCUT2D eigenvalue weighted by atomic mass is 19.3. The number of hydrogen-bond donors (Lipinski definition) is 2. The van der Waals surface area contributed by atoms with Crippen molar-refractivity contribution in [3.63, 3.8) is 0 Å². The summed E-state index contributed by atoms with van der Waals surface area (Å²) in [5.74, 6) is -0.714. The number of fused-ring (bicyclic) bond motifs is 1. The van der Waals surface area contributed by atoms with Crippen molar-refractivity contribution in [3.05, 3.63) is 102 Å². The Morgan fingerprint density at radius 1 is 0.688 bits per heavy atom. The molecule has 4 aromatic carbocycles. The first-order valence-electron chi connectivity index (χ1n) is 9.75. The van der Waals surface area contributed by atoms with Crippen LogP contribution in [-0.4, -0.2) is 18.4 Å². The second-order valence-electron chi connectivity index (χ2n) is 6.92. The zero-order valence-electron chi connectivity index (χ0n) is 16.7. The Bertz CT molecular complexity index is 1250. The first-order valence-corrected chi connectivity index (χ1v) is 9.75. The van der Waals surface area contributed by atoms with E-state index >= 15 is 0 Å². The zero-order valence-corrected chi connectivity index (χ0v) is 16.7. The van der Waals surface area contributed by atoms with E-state index in [4.69, 9.17) is 0 Å². The van der Waals surface area contributed by atoms with Gasteiger partial charge in [0, 0.05) is 27.9 Å². The maximum atomic E-state index is 12.7. The molecule has 0 aliphatic heterocycles. The highest BCUT2D eigenvalue weighted by molar-refractivity contribution is 6.09. The molecule has 4 aromatic rings. The van der Waals surface area contributed by atoms with Crippen LogP contribution in [0.25, 0.3) is 10.8 Å². The molecule has 0 atom stereocenters. The van der Waals surface area contributed by atoms with Crippen LogP contribution in [-0.2, 0) is 0 Å². The molecule has 0 aliphatic rings. The van der Waals surface area contributed by atoms with Crippen LogP contribution >= 0.6 is 0 Å². The molecule has 32 heavy (non-hydrogen) atoms. The lowest BCUT2D eigenvalue weighted by Crippen LogP contribution is -2.14. The summed E-state index contributed by atoms with van der Waals surface area (Å²) in [6, 6.07) is 25.3. The Morgan fingerprint density at radius 3 is 1.97 bits per heavy atom. The molecule has 0 unspecified atom stereocenters. The number of ether oxygens (including phenoxy) is 1. The summed E-state index contributed by atoms with van der Waals surface area (Å²) in [5, 5.41) is 7.58. The van der Waals surface area contributed by atoms with Crippen molar-refractivity contribution in [2.45, 2.75) is 6.61 Å². The number of nitrogens with one attached hydrogen (secondary N) is 2. The monoisotopic (exact) mass is 432 g/mol. The SMILES string of the molecule is O=C(Nc1ccc(C(=O)Nc2cccc3ccccc23)cc1)c1ccc(OC(F)F)cc1. The summed E-state index contributed by atoms with van der Waals surface area (Å²) in [5.41, 5.74) is 1.92. The molecule has 0 saturated heterocycles. The number of anilines is 2. The molecular weight excluding hydrogens is 414 g/mol. The van der Waals surface area contributed by atoms with E-state index in [1.807, 2.05) is 42.5 Å². The molecule has 0 saturated carbocycles. The number of hydrogen-bond acceptors (Lipinski definition) is 3. The lowest BCUT2D eigenvalue weighted by Gasteiger charge is -2.10. The van der Waals surface area contributed by atoms with E-state index in [-0.39, 0.29) is 17.2 Å². The molecule has 0 fully saturated rings. The third-order valence-electron chi connectivity index (χ3n) is 4.78. The summed E-state index contributed by atoms with van der Waals surface area (Å²) in [4.78, 5) is 25.0. The molecule has 4 rings (SSSR count). The van der Waals surface area contributed by atoms with Crippen molar-refractivity contribution < 1.29 is 23.1 Å². The molecule has 160 valence electrons. The Balaban J connectivity index is 1.41. The summed E-state index contributed by atoms with van der Waals surface area (Å²) < 4.78 is 28.7. The van der Waals surface area contributed by atoms with Crippen molar-refractivity contribution in [2.24, 2.45) is 0 Å². The van der Waals surface area contributed by atoms with Crippen LogP contribution in [0.1, 0.15) is 20.7 Å². The summed E-state index contributed by atoms with van der Waals surface area (Å²) in [6.07, 6.45) is 0. The van der Waals surface area contributed by atoms with Crippen molar-refractivity contribution in [1.29, 1.82) is 0 Å². The van der Waals surface area contributed by atoms with Crippen molar-refractivity contribution >= 4 is 34.0 Å². The normalized spacial score (nSPS) is 10.7. The first-order chi connectivity index (χ1) is 15.5. The molecule has 0 spiro atoms. The minimum absolute atomic E-state index is 0.0295. The molecule has 2 amide bonds. The van der Waals surface area contributed by atoms with Gasteiger partial charge in [0.15, 0.2) is 0 Å². The van der Waals surface area contributed by atoms with Gasteiger partial charge in [0.2, 0.25) is 0 Å². The number of halogens is 2. The van der Waals surface area contributed by atoms with Gasteiger partial charge in [-0.15, -0.1) is 0 Å².